The predicted octanol–water partition coefficient (Wildman–Crippen LogP) is 0.368. The molecule has 0 aromatic carbocycles. The van der Waals surface area contributed by atoms with E-state index < -0.39 is 0 Å². The quantitative estimate of drug-likeness (QED) is 0.668. The van der Waals surface area contributed by atoms with Crippen LogP contribution in [0.3, 0.4) is 0 Å². The molecule has 0 amide bonds. The van der Waals surface area contributed by atoms with Crippen LogP contribution in [-0.2, 0) is 6.54 Å². The van der Waals surface area contributed by atoms with Gasteiger partial charge in [0.1, 0.15) is 6.33 Å². The lowest BCUT2D eigenvalue weighted by Gasteiger charge is -2.05. The van der Waals surface area contributed by atoms with Gasteiger partial charge >= 0.3 is 0 Å². The highest BCUT2D eigenvalue weighted by molar-refractivity contribution is 4.92. The number of aliphatic hydroxyl groups is 1. The highest BCUT2D eigenvalue weighted by Gasteiger charge is 2.39. The summed E-state index contributed by atoms with van der Waals surface area (Å²) in [4.78, 5) is 0. The number of hydrogen-bond acceptors (Lipinski definition) is 4. The Morgan fingerprint density at radius 3 is 2.85 bits per heavy atom. The van der Waals surface area contributed by atoms with Gasteiger partial charge in [0.2, 0.25) is 0 Å². The number of aromatic nitrogens is 4. The van der Waals surface area contributed by atoms with Crippen molar-refractivity contribution in [3.8, 4) is 0 Å². The summed E-state index contributed by atoms with van der Waals surface area (Å²) in [5.41, 5.74) is -0.305. The maximum atomic E-state index is 9.54. The Labute approximate surface area is 76.8 Å². The van der Waals surface area contributed by atoms with Gasteiger partial charge in [0.15, 0.2) is 0 Å². The van der Waals surface area contributed by atoms with Gasteiger partial charge in [-0.05, 0) is 42.5 Å². The van der Waals surface area contributed by atoms with Crippen molar-refractivity contribution in [3.63, 3.8) is 0 Å². The highest BCUT2D eigenvalue weighted by atomic mass is 16.3. The fraction of sp³-hybridized carbons (Fsp3) is 0.875. The Morgan fingerprint density at radius 1 is 1.38 bits per heavy atom. The molecule has 1 saturated carbocycles. The lowest BCUT2D eigenvalue weighted by molar-refractivity contribution is 0.136. The molecular formula is C8H14N4O. The Hall–Kier alpha value is -0.970. The van der Waals surface area contributed by atoms with E-state index in [0.717, 1.165) is 38.6 Å². The SMILES string of the molecule is OC1(CCCCn2cnnn2)CC1. The summed E-state index contributed by atoms with van der Waals surface area (Å²) in [5, 5.41) is 20.4. The number of aryl methyl sites for hydroxylation is 1. The third-order valence-electron chi connectivity index (χ3n) is 2.50. The second kappa shape index (κ2) is 3.41. The molecule has 2 rings (SSSR count). The molecule has 0 atom stereocenters. The third-order valence-corrected chi connectivity index (χ3v) is 2.50. The van der Waals surface area contributed by atoms with E-state index in [9.17, 15) is 5.11 Å². The number of unbranched alkanes of at least 4 members (excludes halogenated alkanes) is 1. The van der Waals surface area contributed by atoms with Crippen LogP contribution >= 0.6 is 0 Å². The lowest BCUT2D eigenvalue weighted by atomic mass is 10.1. The van der Waals surface area contributed by atoms with Crippen LogP contribution in [0, 0.1) is 0 Å². The molecule has 5 nitrogen and oxygen atoms in total. The maximum Gasteiger partial charge on any atom is 0.138 e. The zero-order chi connectivity index (χ0) is 9.15. The van der Waals surface area contributed by atoms with E-state index in [0.29, 0.717) is 0 Å². The van der Waals surface area contributed by atoms with Gasteiger partial charge in [-0.25, -0.2) is 4.68 Å². The molecule has 1 heterocycles. The van der Waals surface area contributed by atoms with Crippen LogP contribution in [-0.4, -0.2) is 30.9 Å². The van der Waals surface area contributed by atoms with Gasteiger partial charge < -0.3 is 5.11 Å². The Morgan fingerprint density at radius 2 is 2.23 bits per heavy atom. The zero-order valence-electron chi connectivity index (χ0n) is 7.56. The minimum absolute atomic E-state index is 0.305. The molecule has 1 aromatic rings. The molecule has 13 heavy (non-hydrogen) atoms. The molecule has 5 heteroatoms. The molecule has 0 radical (unpaired) electrons. The average Bonchev–Trinajstić information content (AvgIpc) is 2.69. The summed E-state index contributed by atoms with van der Waals surface area (Å²) >= 11 is 0. The van der Waals surface area contributed by atoms with Crippen molar-refractivity contribution in [1.29, 1.82) is 0 Å². The first kappa shape index (κ1) is 8.62. The Bertz CT molecular complexity index is 255. The standard InChI is InChI=1S/C8H14N4O/c13-8(4-5-8)3-1-2-6-12-7-9-10-11-12/h7,13H,1-6H2. The topological polar surface area (TPSA) is 63.8 Å². The van der Waals surface area contributed by atoms with Crippen LogP contribution in [0.25, 0.3) is 0 Å². The molecule has 0 aliphatic heterocycles. The first-order valence-corrected chi connectivity index (χ1v) is 4.72. The molecule has 1 fully saturated rings. The molecule has 1 N–H and O–H groups in total. The van der Waals surface area contributed by atoms with E-state index in [1.807, 2.05) is 0 Å². The van der Waals surface area contributed by atoms with Crippen molar-refractivity contribution in [3.05, 3.63) is 6.33 Å². The monoisotopic (exact) mass is 182 g/mol. The second-order valence-electron chi connectivity index (χ2n) is 3.75. The van der Waals surface area contributed by atoms with Gasteiger partial charge in [-0.1, -0.05) is 0 Å². The van der Waals surface area contributed by atoms with Crippen LogP contribution in [0.4, 0.5) is 0 Å². The van der Waals surface area contributed by atoms with Gasteiger partial charge in [0, 0.05) is 6.54 Å². The van der Waals surface area contributed by atoms with E-state index >= 15 is 0 Å². The smallest absolute Gasteiger partial charge is 0.138 e. The number of rotatable bonds is 5. The molecule has 0 saturated heterocycles. The van der Waals surface area contributed by atoms with E-state index in [4.69, 9.17) is 0 Å². The van der Waals surface area contributed by atoms with Crippen LogP contribution < -0.4 is 0 Å². The number of tetrazole rings is 1. The molecule has 1 aliphatic carbocycles. The van der Waals surface area contributed by atoms with Gasteiger partial charge in [0.05, 0.1) is 5.60 Å². The fourth-order valence-corrected chi connectivity index (χ4v) is 1.40. The fourth-order valence-electron chi connectivity index (χ4n) is 1.40. The normalized spacial score (nSPS) is 18.8. The van der Waals surface area contributed by atoms with Crippen molar-refractivity contribution in [2.24, 2.45) is 0 Å². The first-order valence-electron chi connectivity index (χ1n) is 4.72. The predicted molar refractivity (Wildman–Crippen MR) is 45.9 cm³/mol. The van der Waals surface area contributed by atoms with Crippen molar-refractivity contribution in [2.45, 2.75) is 44.2 Å². The molecule has 0 unspecified atom stereocenters. The summed E-state index contributed by atoms with van der Waals surface area (Å²) in [5.74, 6) is 0. The summed E-state index contributed by atoms with van der Waals surface area (Å²) in [6.07, 6.45) is 6.60. The Balaban J connectivity index is 1.59. The summed E-state index contributed by atoms with van der Waals surface area (Å²) in [7, 11) is 0. The molecule has 1 aromatic heterocycles. The lowest BCUT2D eigenvalue weighted by Crippen LogP contribution is -2.07. The highest BCUT2D eigenvalue weighted by Crippen LogP contribution is 2.39. The summed E-state index contributed by atoms with van der Waals surface area (Å²) < 4.78 is 1.72. The summed E-state index contributed by atoms with van der Waals surface area (Å²) in [6, 6.07) is 0. The van der Waals surface area contributed by atoms with E-state index in [1.165, 1.54) is 0 Å². The van der Waals surface area contributed by atoms with Crippen molar-refractivity contribution in [1.82, 2.24) is 20.2 Å². The third kappa shape index (κ3) is 2.48. The summed E-state index contributed by atoms with van der Waals surface area (Å²) in [6.45, 7) is 0.850. The van der Waals surface area contributed by atoms with E-state index in [-0.39, 0.29) is 5.60 Å². The maximum absolute atomic E-state index is 9.54. The van der Waals surface area contributed by atoms with Gasteiger partial charge in [-0.2, -0.15) is 0 Å². The molecule has 1 aliphatic rings. The van der Waals surface area contributed by atoms with Crippen molar-refractivity contribution >= 4 is 0 Å². The Kier molecular flexibility index (Phi) is 2.26. The molecule has 0 bridgehead atoms. The molecule has 0 spiro atoms. The van der Waals surface area contributed by atoms with Crippen molar-refractivity contribution < 1.29 is 5.11 Å². The van der Waals surface area contributed by atoms with Gasteiger partial charge in [-0.15, -0.1) is 5.10 Å². The van der Waals surface area contributed by atoms with Gasteiger partial charge in [-0.3, -0.25) is 0 Å². The largest absolute Gasteiger partial charge is 0.390 e. The van der Waals surface area contributed by atoms with Crippen LogP contribution in [0.5, 0.6) is 0 Å². The van der Waals surface area contributed by atoms with Crippen LogP contribution in [0.2, 0.25) is 0 Å². The van der Waals surface area contributed by atoms with Crippen LogP contribution in [0.1, 0.15) is 32.1 Å². The zero-order valence-corrected chi connectivity index (χ0v) is 7.56. The van der Waals surface area contributed by atoms with Gasteiger partial charge in [0.25, 0.3) is 0 Å². The average molecular weight is 182 g/mol. The number of hydrogen-bond donors (Lipinski definition) is 1. The van der Waals surface area contributed by atoms with E-state index in [1.54, 1.807) is 11.0 Å². The molecular weight excluding hydrogens is 168 g/mol. The second-order valence-corrected chi connectivity index (χ2v) is 3.75. The first-order chi connectivity index (χ1) is 6.29. The minimum Gasteiger partial charge on any atom is -0.390 e. The number of nitrogens with zero attached hydrogens (tertiary/aromatic N) is 4. The van der Waals surface area contributed by atoms with Crippen LogP contribution in [0.15, 0.2) is 6.33 Å². The molecule has 72 valence electrons. The minimum atomic E-state index is -0.305. The van der Waals surface area contributed by atoms with E-state index in [2.05, 4.69) is 15.5 Å². The van der Waals surface area contributed by atoms with Crippen molar-refractivity contribution in [2.75, 3.05) is 0 Å².